The zero-order chi connectivity index (χ0) is 8.27. The first-order valence-corrected chi connectivity index (χ1v) is 3.18. The molecule has 11 heavy (non-hydrogen) atoms. The summed E-state index contributed by atoms with van der Waals surface area (Å²) in [5.74, 6) is 0.541. The number of aromatic amines is 1. The van der Waals surface area contributed by atoms with E-state index in [9.17, 15) is 4.79 Å². The van der Waals surface area contributed by atoms with Crippen LogP contribution in [0.15, 0.2) is 0 Å². The molecule has 0 bridgehead atoms. The lowest BCUT2D eigenvalue weighted by molar-refractivity contribution is -0.128. The number of likely N-dealkylation sites (N-methyl/N-ethyl adjacent to an activating group) is 1. The lowest BCUT2D eigenvalue weighted by Crippen LogP contribution is -2.23. The van der Waals surface area contributed by atoms with E-state index in [-0.39, 0.29) is 12.3 Å². The van der Waals surface area contributed by atoms with Gasteiger partial charge in [0.2, 0.25) is 5.91 Å². The van der Waals surface area contributed by atoms with Crippen LogP contribution in [-0.2, 0) is 11.2 Å². The van der Waals surface area contributed by atoms with E-state index in [2.05, 4.69) is 21.5 Å². The van der Waals surface area contributed by atoms with Gasteiger partial charge in [-0.1, -0.05) is 0 Å². The molecule has 0 fully saturated rings. The van der Waals surface area contributed by atoms with Crippen molar-refractivity contribution in [2.45, 2.75) is 6.42 Å². The molecule has 0 aromatic carbocycles. The van der Waals surface area contributed by atoms with Gasteiger partial charge in [0.1, 0.15) is 5.82 Å². The van der Waals surface area contributed by atoms with E-state index in [4.69, 9.17) is 0 Å². The summed E-state index contributed by atoms with van der Waals surface area (Å²) in [6, 6.07) is 0. The lowest BCUT2D eigenvalue weighted by atomic mass is 10.4. The van der Waals surface area contributed by atoms with Crippen LogP contribution in [0.1, 0.15) is 5.82 Å². The predicted molar refractivity (Wildman–Crippen MR) is 37.6 cm³/mol. The largest absolute Gasteiger partial charge is 0.348 e. The van der Waals surface area contributed by atoms with Crippen LogP contribution in [0.4, 0.5) is 0 Å². The Morgan fingerprint density at radius 1 is 1.73 bits per heavy atom. The number of carbonyl (C=O) groups is 1. The van der Waals surface area contributed by atoms with Crippen molar-refractivity contribution < 1.29 is 4.79 Å². The summed E-state index contributed by atoms with van der Waals surface area (Å²) in [6.45, 7) is 0. The summed E-state index contributed by atoms with van der Waals surface area (Å²) in [7, 11) is 3.39. The van der Waals surface area contributed by atoms with E-state index >= 15 is 0 Å². The minimum Gasteiger partial charge on any atom is -0.348 e. The molecular weight excluding hydrogens is 144 g/mol. The molecule has 0 aliphatic heterocycles. The molecule has 0 aliphatic rings. The maximum Gasteiger partial charge on any atom is 0.229 e. The van der Waals surface area contributed by atoms with Crippen molar-refractivity contribution in [3.8, 4) is 0 Å². The number of rotatable bonds is 2. The minimum absolute atomic E-state index is 0.00449. The number of nitrogens with zero attached hydrogens (tertiary/aromatic N) is 3. The normalized spacial score (nSPS) is 9.64. The smallest absolute Gasteiger partial charge is 0.229 e. The monoisotopic (exact) mass is 153 g/mol. The van der Waals surface area contributed by atoms with Crippen LogP contribution in [0, 0.1) is 6.33 Å². The average Bonchev–Trinajstić information content (AvgIpc) is 2.39. The first-order chi connectivity index (χ1) is 5.20. The summed E-state index contributed by atoms with van der Waals surface area (Å²) in [6.07, 6.45) is 2.67. The number of nitrogens with one attached hydrogen (secondary N) is 1. The highest BCUT2D eigenvalue weighted by Gasteiger charge is 2.06. The second-order valence-electron chi connectivity index (χ2n) is 2.35. The van der Waals surface area contributed by atoms with Crippen LogP contribution in [0.2, 0.25) is 0 Å². The van der Waals surface area contributed by atoms with E-state index in [1.807, 2.05) is 0 Å². The van der Waals surface area contributed by atoms with Crippen molar-refractivity contribution in [2.75, 3.05) is 14.1 Å². The van der Waals surface area contributed by atoms with Crippen LogP contribution in [0.3, 0.4) is 0 Å². The molecule has 0 unspecified atom stereocenters. The highest BCUT2D eigenvalue weighted by atomic mass is 16.2. The Balaban J connectivity index is 2.50. The number of aromatic nitrogens is 3. The fourth-order valence-corrected chi connectivity index (χ4v) is 0.581. The van der Waals surface area contributed by atoms with Gasteiger partial charge in [-0.15, -0.1) is 10.2 Å². The molecule has 1 heterocycles. The third-order valence-corrected chi connectivity index (χ3v) is 1.24. The summed E-state index contributed by atoms with van der Waals surface area (Å²) < 4.78 is 0. The summed E-state index contributed by atoms with van der Waals surface area (Å²) >= 11 is 0. The van der Waals surface area contributed by atoms with Gasteiger partial charge in [-0.25, -0.2) is 0 Å². The van der Waals surface area contributed by atoms with E-state index in [0.29, 0.717) is 5.82 Å². The zero-order valence-corrected chi connectivity index (χ0v) is 6.46. The molecule has 1 amide bonds. The van der Waals surface area contributed by atoms with Gasteiger partial charge in [-0.3, -0.25) is 4.79 Å². The fraction of sp³-hybridized carbons (Fsp3) is 0.500. The van der Waals surface area contributed by atoms with Crippen LogP contribution in [-0.4, -0.2) is 40.1 Å². The summed E-state index contributed by atoms with van der Waals surface area (Å²) in [5.41, 5.74) is 0. The van der Waals surface area contributed by atoms with Crippen LogP contribution in [0.25, 0.3) is 0 Å². The molecule has 1 aromatic rings. The van der Waals surface area contributed by atoms with Crippen molar-refractivity contribution in [2.24, 2.45) is 0 Å². The Morgan fingerprint density at radius 2 is 2.45 bits per heavy atom. The van der Waals surface area contributed by atoms with Gasteiger partial charge in [0, 0.05) is 14.1 Å². The molecule has 0 aliphatic carbocycles. The Labute approximate surface area is 64.4 Å². The second kappa shape index (κ2) is 3.14. The molecular formula is C6H9N4O. The Morgan fingerprint density at radius 3 is 2.91 bits per heavy atom. The summed E-state index contributed by atoms with van der Waals surface area (Å²) in [4.78, 5) is 15.2. The minimum atomic E-state index is -0.00449. The molecule has 0 atom stereocenters. The molecule has 5 nitrogen and oxygen atoms in total. The quantitative estimate of drug-likeness (QED) is 0.607. The number of carbonyl (C=O) groups excluding carboxylic acids is 1. The second-order valence-corrected chi connectivity index (χ2v) is 2.35. The third kappa shape index (κ3) is 2.03. The van der Waals surface area contributed by atoms with Crippen molar-refractivity contribution in [1.82, 2.24) is 20.1 Å². The van der Waals surface area contributed by atoms with E-state index in [1.165, 1.54) is 4.90 Å². The molecule has 0 saturated heterocycles. The molecule has 0 saturated carbocycles. The van der Waals surface area contributed by atoms with Gasteiger partial charge in [0.25, 0.3) is 0 Å². The summed E-state index contributed by atoms with van der Waals surface area (Å²) in [5, 5.41) is 7.06. The molecule has 1 aromatic heterocycles. The van der Waals surface area contributed by atoms with Crippen molar-refractivity contribution >= 4 is 5.91 Å². The molecule has 59 valence electrons. The van der Waals surface area contributed by atoms with Gasteiger partial charge in [-0.05, 0) is 0 Å². The first-order valence-electron chi connectivity index (χ1n) is 3.18. The Bertz CT molecular complexity index is 229. The predicted octanol–water partition coefficient (Wildman–Crippen LogP) is -0.764. The Hall–Kier alpha value is -1.39. The van der Waals surface area contributed by atoms with Gasteiger partial charge < -0.3 is 9.88 Å². The molecule has 1 rings (SSSR count). The highest BCUT2D eigenvalue weighted by Crippen LogP contribution is 1.90. The van der Waals surface area contributed by atoms with Crippen molar-refractivity contribution in [1.29, 1.82) is 0 Å². The SMILES string of the molecule is CN(C)C(=O)Cc1nn[c][nH]1. The van der Waals surface area contributed by atoms with Crippen molar-refractivity contribution in [3.05, 3.63) is 12.2 Å². The van der Waals surface area contributed by atoms with Crippen LogP contribution < -0.4 is 0 Å². The number of hydrogen-bond donors (Lipinski definition) is 1. The zero-order valence-electron chi connectivity index (χ0n) is 6.46. The van der Waals surface area contributed by atoms with E-state index in [0.717, 1.165) is 0 Å². The highest BCUT2D eigenvalue weighted by molar-refractivity contribution is 5.77. The first kappa shape index (κ1) is 7.71. The van der Waals surface area contributed by atoms with Gasteiger partial charge in [0.15, 0.2) is 6.33 Å². The maximum absolute atomic E-state index is 11.0. The molecule has 1 N–H and O–H groups in total. The maximum atomic E-state index is 11.0. The van der Waals surface area contributed by atoms with E-state index in [1.54, 1.807) is 14.1 Å². The van der Waals surface area contributed by atoms with Gasteiger partial charge >= 0.3 is 0 Å². The number of H-pyrrole nitrogens is 1. The topological polar surface area (TPSA) is 61.9 Å². The number of hydrogen-bond acceptors (Lipinski definition) is 3. The average molecular weight is 153 g/mol. The van der Waals surface area contributed by atoms with Crippen molar-refractivity contribution in [3.63, 3.8) is 0 Å². The Kier molecular flexibility index (Phi) is 2.20. The number of amides is 1. The fourth-order valence-electron chi connectivity index (χ4n) is 0.581. The van der Waals surface area contributed by atoms with Crippen LogP contribution in [0.5, 0.6) is 0 Å². The van der Waals surface area contributed by atoms with E-state index < -0.39 is 0 Å². The third-order valence-electron chi connectivity index (χ3n) is 1.24. The molecule has 1 radical (unpaired) electrons. The molecule has 5 heteroatoms. The lowest BCUT2D eigenvalue weighted by Gasteiger charge is -2.07. The van der Waals surface area contributed by atoms with Crippen LogP contribution >= 0.6 is 0 Å². The standard InChI is InChI=1S/C6H9N4O/c1-10(2)6(11)3-5-7-4-8-9-5/h3H2,1-2H3,(H,7,8,9). The van der Waals surface area contributed by atoms with Gasteiger partial charge in [-0.2, -0.15) is 0 Å². The molecule has 0 spiro atoms. The van der Waals surface area contributed by atoms with Gasteiger partial charge in [0.05, 0.1) is 6.42 Å².